The van der Waals surface area contributed by atoms with Crippen molar-refractivity contribution in [3.63, 3.8) is 0 Å². The van der Waals surface area contributed by atoms with E-state index in [-0.39, 0.29) is 30.8 Å². The summed E-state index contributed by atoms with van der Waals surface area (Å²) in [6, 6.07) is 0. The molecule has 1 aromatic rings. The maximum Gasteiger partial charge on any atom is 0.253 e. The van der Waals surface area contributed by atoms with E-state index in [0.29, 0.717) is 0 Å². The highest BCUT2D eigenvalue weighted by Gasteiger charge is 2.35. The molecule has 1 aliphatic heterocycles. The minimum absolute atomic E-state index is 0.105. The zero-order valence-electron chi connectivity index (χ0n) is 8.75. The number of primary amides is 1. The van der Waals surface area contributed by atoms with Crippen molar-refractivity contribution in [2.45, 2.75) is 6.42 Å². The van der Waals surface area contributed by atoms with Crippen molar-refractivity contribution >= 4 is 23.7 Å². The fourth-order valence-corrected chi connectivity index (χ4v) is 1.59. The molecule has 86 valence electrons. The van der Waals surface area contributed by atoms with E-state index in [1.165, 1.54) is 9.58 Å². The Morgan fingerprint density at radius 1 is 1.56 bits per heavy atom. The lowest BCUT2D eigenvalue weighted by molar-refractivity contribution is -0.123. The van der Waals surface area contributed by atoms with Gasteiger partial charge in [-0.05, 0) is 0 Å². The molecule has 0 spiro atoms. The fraction of sp³-hybridized carbons (Fsp3) is 0.500. The average Bonchev–Trinajstić information content (AvgIpc) is 2.72. The van der Waals surface area contributed by atoms with E-state index < -0.39 is 11.8 Å². The summed E-state index contributed by atoms with van der Waals surface area (Å²) >= 11 is 0. The van der Waals surface area contributed by atoms with Crippen molar-refractivity contribution in [3.8, 4) is 0 Å². The predicted octanol–water partition coefficient (Wildman–Crippen LogP) is -1.76. The molecule has 16 heavy (non-hydrogen) atoms. The summed E-state index contributed by atoms with van der Waals surface area (Å²) in [7, 11) is 1.62. The van der Waals surface area contributed by atoms with Crippen LogP contribution in [-0.2, 0) is 16.6 Å². The van der Waals surface area contributed by atoms with Crippen molar-refractivity contribution in [1.29, 1.82) is 0 Å². The van der Waals surface area contributed by atoms with Crippen molar-refractivity contribution in [3.05, 3.63) is 0 Å². The maximum atomic E-state index is 11.6. The molecule has 0 saturated carbocycles. The van der Waals surface area contributed by atoms with Gasteiger partial charge in [0, 0.05) is 20.0 Å². The molecule has 1 unspecified atom stereocenters. The largest absolute Gasteiger partial charge is 0.369 e. The number of nitrogen functional groups attached to an aromatic ring is 1. The number of rotatable bonds is 2. The number of nitrogens with two attached hydrogens (primary N) is 2. The zero-order chi connectivity index (χ0) is 11.9. The van der Waals surface area contributed by atoms with E-state index in [9.17, 15) is 9.59 Å². The molecule has 1 aliphatic rings. The molecule has 1 saturated heterocycles. The molecule has 4 N–H and O–H groups in total. The number of hydrogen-bond acceptors (Lipinski definition) is 5. The quantitative estimate of drug-likeness (QED) is 0.616. The third-order valence-corrected chi connectivity index (χ3v) is 2.55. The van der Waals surface area contributed by atoms with Gasteiger partial charge in [-0.2, -0.15) is 4.98 Å². The first kappa shape index (κ1) is 10.4. The first-order chi connectivity index (χ1) is 7.49. The van der Waals surface area contributed by atoms with E-state index in [1.807, 2.05) is 0 Å². The molecule has 2 amide bonds. The number of aromatic nitrogens is 3. The van der Waals surface area contributed by atoms with E-state index in [2.05, 4.69) is 10.1 Å². The number of carbonyl (C=O) groups is 2. The van der Waals surface area contributed by atoms with Crippen LogP contribution in [0.4, 0.5) is 11.9 Å². The van der Waals surface area contributed by atoms with Gasteiger partial charge in [0.1, 0.15) is 0 Å². The molecule has 0 aromatic carbocycles. The molecule has 8 nitrogen and oxygen atoms in total. The van der Waals surface area contributed by atoms with Crippen molar-refractivity contribution in [2.24, 2.45) is 18.7 Å². The van der Waals surface area contributed by atoms with Crippen molar-refractivity contribution in [2.75, 3.05) is 17.2 Å². The standard InChI is InChI=1S/C8H12N6O2/c1-13-7(10)11-8(12-13)14-3-4(6(9)16)2-5(14)15/h4H,2-3H2,1H3,(H2,9,16)(H2,10,11,12). The van der Waals surface area contributed by atoms with Gasteiger partial charge in [-0.1, -0.05) is 0 Å². The van der Waals surface area contributed by atoms with Crippen LogP contribution in [0.1, 0.15) is 6.42 Å². The van der Waals surface area contributed by atoms with Crippen LogP contribution in [0.5, 0.6) is 0 Å². The van der Waals surface area contributed by atoms with Crippen LogP contribution in [-0.4, -0.2) is 33.1 Å². The smallest absolute Gasteiger partial charge is 0.253 e. The first-order valence-corrected chi connectivity index (χ1v) is 4.75. The predicted molar refractivity (Wildman–Crippen MR) is 55.1 cm³/mol. The second kappa shape index (κ2) is 3.47. The molecule has 2 heterocycles. The van der Waals surface area contributed by atoms with Crippen LogP contribution < -0.4 is 16.4 Å². The second-order valence-corrected chi connectivity index (χ2v) is 3.70. The van der Waals surface area contributed by atoms with Gasteiger partial charge < -0.3 is 11.5 Å². The van der Waals surface area contributed by atoms with Crippen LogP contribution in [0, 0.1) is 5.92 Å². The van der Waals surface area contributed by atoms with E-state index in [4.69, 9.17) is 11.5 Å². The third kappa shape index (κ3) is 1.58. The second-order valence-electron chi connectivity index (χ2n) is 3.70. The van der Waals surface area contributed by atoms with Gasteiger partial charge in [0.15, 0.2) is 0 Å². The van der Waals surface area contributed by atoms with Gasteiger partial charge in [-0.25, -0.2) is 4.68 Å². The van der Waals surface area contributed by atoms with E-state index >= 15 is 0 Å². The summed E-state index contributed by atoms with van der Waals surface area (Å²) < 4.78 is 1.36. The fourth-order valence-electron chi connectivity index (χ4n) is 1.59. The molecular weight excluding hydrogens is 212 g/mol. The maximum absolute atomic E-state index is 11.6. The molecule has 1 aromatic heterocycles. The average molecular weight is 224 g/mol. The number of nitrogens with zero attached hydrogens (tertiary/aromatic N) is 4. The molecule has 0 bridgehead atoms. The number of carbonyl (C=O) groups excluding carboxylic acids is 2. The van der Waals surface area contributed by atoms with Crippen LogP contribution in [0.25, 0.3) is 0 Å². The van der Waals surface area contributed by atoms with Gasteiger partial charge in [-0.15, -0.1) is 5.10 Å². The molecular formula is C8H12N6O2. The highest BCUT2D eigenvalue weighted by molar-refractivity contribution is 5.98. The third-order valence-electron chi connectivity index (χ3n) is 2.55. The molecule has 1 fully saturated rings. The highest BCUT2D eigenvalue weighted by Crippen LogP contribution is 2.22. The first-order valence-electron chi connectivity index (χ1n) is 4.75. The van der Waals surface area contributed by atoms with Crippen LogP contribution in [0.3, 0.4) is 0 Å². The minimum atomic E-state index is -0.486. The van der Waals surface area contributed by atoms with Crippen LogP contribution >= 0.6 is 0 Å². The Kier molecular flexibility index (Phi) is 2.26. The lowest BCUT2D eigenvalue weighted by Gasteiger charge is -2.10. The molecule has 0 aliphatic carbocycles. The van der Waals surface area contributed by atoms with E-state index in [1.54, 1.807) is 7.05 Å². The highest BCUT2D eigenvalue weighted by atomic mass is 16.2. The van der Waals surface area contributed by atoms with Gasteiger partial charge in [-0.3, -0.25) is 14.5 Å². The lowest BCUT2D eigenvalue weighted by Crippen LogP contribution is -2.29. The summed E-state index contributed by atoms with van der Waals surface area (Å²) in [6.07, 6.45) is 0.105. The SMILES string of the molecule is Cn1nc(N2CC(C(N)=O)CC2=O)nc1N. The number of hydrogen-bond donors (Lipinski definition) is 2. The Bertz CT molecular complexity index is 434. The Balaban J connectivity index is 2.23. The van der Waals surface area contributed by atoms with Gasteiger partial charge in [0.05, 0.1) is 5.92 Å². The molecule has 1 atom stereocenters. The summed E-state index contributed by atoms with van der Waals surface area (Å²) in [6.45, 7) is 0.220. The summed E-state index contributed by atoms with van der Waals surface area (Å²) in [4.78, 5) is 27.8. The normalized spacial score (nSPS) is 20.4. The molecule has 8 heteroatoms. The number of anilines is 2. The Hall–Kier alpha value is -2.12. The Morgan fingerprint density at radius 3 is 2.69 bits per heavy atom. The van der Waals surface area contributed by atoms with Gasteiger partial charge in [0.25, 0.3) is 5.95 Å². The summed E-state index contributed by atoms with van der Waals surface area (Å²) in [5.41, 5.74) is 10.7. The minimum Gasteiger partial charge on any atom is -0.369 e. The van der Waals surface area contributed by atoms with Crippen molar-refractivity contribution < 1.29 is 9.59 Å². The van der Waals surface area contributed by atoms with Crippen molar-refractivity contribution in [1.82, 2.24) is 14.8 Å². The van der Waals surface area contributed by atoms with Gasteiger partial charge in [0.2, 0.25) is 17.8 Å². The molecule has 0 radical (unpaired) electrons. The monoisotopic (exact) mass is 224 g/mol. The van der Waals surface area contributed by atoms with Crippen LogP contribution in [0.2, 0.25) is 0 Å². The lowest BCUT2D eigenvalue weighted by atomic mass is 10.1. The molecule has 2 rings (SSSR count). The van der Waals surface area contributed by atoms with Crippen LogP contribution in [0.15, 0.2) is 0 Å². The zero-order valence-corrected chi connectivity index (χ0v) is 8.75. The van der Waals surface area contributed by atoms with E-state index in [0.717, 1.165) is 0 Å². The Labute approximate surface area is 91.2 Å². The summed E-state index contributed by atoms with van der Waals surface area (Å²) in [5, 5.41) is 3.97. The van der Waals surface area contributed by atoms with Gasteiger partial charge >= 0.3 is 0 Å². The number of amides is 2. The topological polar surface area (TPSA) is 120 Å². The summed E-state index contributed by atoms with van der Waals surface area (Å²) in [5.74, 6) is -0.745. The number of aryl methyl sites for hydroxylation is 1. The Morgan fingerprint density at radius 2 is 2.25 bits per heavy atom.